The second kappa shape index (κ2) is 4.25. The van der Waals surface area contributed by atoms with E-state index < -0.39 is 0 Å². The summed E-state index contributed by atoms with van der Waals surface area (Å²) < 4.78 is 16.2. The molecule has 1 aliphatic heterocycles. The molecule has 1 aromatic carbocycles. The number of ether oxygens (including phenoxy) is 2. The van der Waals surface area contributed by atoms with Gasteiger partial charge in [0.25, 0.3) is 0 Å². The number of hydrogen-bond donors (Lipinski definition) is 1. The fourth-order valence-corrected chi connectivity index (χ4v) is 2.05. The summed E-state index contributed by atoms with van der Waals surface area (Å²) in [5.41, 5.74) is 8.53. The van der Waals surface area contributed by atoms with Gasteiger partial charge in [-0.1, -0.05) is 5.16 Å². The molecule has 3 rings (SSSR count). The second-order valence-electron chi connectivity index (χ2n) is 4.27. The van der Waals surface area contributed by atoms with E-state index in [9.17, 15) is 0 Å². The maximum Gasteiger partial charge on any atom is 0.229 e. The SMILES string of the molecule is Cc1cc2c(cc1-c1cnoc1N)OCCCO2. The lowest BCUT2D eigenvalue weighted by atomic mass is 10.0. The number of rotatable bonds is 1. The third kappa shape index (κ3) is 1.77. The molecule has 1 aromatic heterocycles. The molecule has 0 aliphatic carbocycles. The molecule has 5 nitrogen and oxygen atoms in total. The van der Waals surface area contributed by atoms with Gasteiger partial charge in [0, 0.05) is 6.42 Å². The van der Waals surface area contributed by atoms with Gasteiger partial charge < -0.3 is 19.7 Å². The van der Waals surface area contributed by atoms with E-state index in [0.29, 0.717) is 19.1 Å². The molecule has 2 N–H and O–H groups in total. The topological polar surface area (TPSA) is 70.5 Å². The normalized spacial score (nSPS) is 14.3. The van der Waals surface area contributed by atoms with E-state index in [1.807, 2.05) is 19.1 Å². The standard InChI is InChI=1S/C13H14N2O3/c1-8-5-11-12(17-4-2-3-16-11)6-9(8)10-7-15-18-13(10)14/h5-7H,2-4,14H2,1H3. The molecule has 0 bridgehead atoms. The molecule has 2 aromatic rings. The first-order chi connectivity index (χ1) is 8.75. The van der Waals surface area contributed by atoms with Crippen molar-refractivity contribution in [2.24, 2.45) is 0 Å². The quantitative estimate of drug-likeness (QED) is 0.836. The number of aromatic nitrogens is 1. The summed E-state index contributed by atoms with van der Waals surface area (Å²) in [5, 5.41) is 3.70. The Morgan fingerprint density at radius 3 is 2.50 bits per heavy atom. The zero-order valence-electron chi connectivity index (χ0n) is 10.1. The van der Waals surface area contributed by atoms with E-state index in [1.165, 1.54) is 0 Å². The zero-order valence-corrected chi connectivity index (χ0v) is 10.1. The number of aryl methyl sites for hydroxylation is 1. The van der Waals surface area contributed by atoms with Gasteiger partial charge in [-0.2, -0.15) is 0 Å². The van der Waals surface area contributed by atoms with Crippen LogP contribution in [0.5, 0.6) is 11.5 Å². The van der Waals surface area contributed by atoms with Gasteiger partial charge in [-0.15, -0.1) is 0 Å². The highest BCUT2D eigenvalue weighted by Gasteiger charge is 2.16. The summed E-state index contributed by atoms with van der Waals surface area (Å²) >= 11 is 0. The molecular weight excluding hydrogens is 232 g/mol. The molecular formula is C13H14N2O3. The molecule has 0 amide bonds. The number of nitrogen functional groups attached to an aromatic ring is 1. The largest absolute Gasteiger partial charge is 0.490 e. The average Bonchev–Trinajstić information content (AvgIpc) is 2.64. The van der Waals surface area contributed by atoms with Crippen LogP contribution in [0, 0.1) is 6.92 Å². The van der Waals surface area contributed by atoms with Crippen molar-refractivity contribution >= 4 is 5.88 Å². The fraction of sp³-hybridized carbons (Fsp3) is 0.308. The average molecular weight is 246 g/mol. The van der Waals surface area contributed by atoms with Gasteiger partial charge in [0.05, 0.1) is 25.0 Å². The van der Waals surface area contributed by atoms with Crippen molar-refractivity contribution in [3.63, 3.8) is 0 Å². The van der Waals surface area contributed by atoms with Crippen molar-refractivity contribution in [1.82, 2.24) is 5.16 Å². The van der Waals surface area contributed by atoms with Gasteiger partial charge in [-0.3, -0.25) is 0 Å². The van der Waals surface area contributed by atoms with Crippen LogP contribution in [-0.2, 0) is 0 Å². The van der Waals surface area contributed by atoms with Crippen LogP contribution in [0.2, 0.25) is 0 Å². The van der Waals surface area contributed by atoms with E-state index >= 15 is 0 Å². The summed E-state index contributed by atoms with van der Waals surface area (Å²) in [4.78, 5) is 0. The Morgan fingerprint density at radius 2 is 1.83 bits per heavy atom. The maximum absolute atomic E-state index is 5.75. The first kappa shape index (κ1) is 11.0. The van der Waals surface area contributed by atoms with Gasteiger partial charge in [0.15, 0.2) is 11.5 Å². The number of nitrogens with zero attached hydrogens (tertiary/aromatic N) is 1. The summed E-state index contributed by atoms with van der Waals surface area (Å²) in [6, 6.07) is 3.89. The van der Waals surface area contributed by atoms with Crippen LogP contribution < -0.4 is 15.2 Å². The number of benzene rings is 1. The van der Waals surface area contributed by atoms with Crippen LogP contribution in [0.15, 0.2) is 22.9 Å². The van der Waals surface area contributed by atoms with Gasteiger partial charge in [0.1, 0.15) is 0 Å². The van der Waals surface area contributed by atoms with Gasteiger partial charge in [-0.25, -0.2) is 0 Å². The van der Waals surface area contributed by atoms with E-state index in [4.69, 9.17) is 19.7 Å². The van der Waals surface area contributed by atoms with Crippen molar-refractivity contribution in [2.75, 3.05) is 18.9 Å². The smallest absolute Gasteiger partial charge is 0.229 e. The molecule has 5 heteroatoms. The minimum Gasteiger partial charge on any atom is -0.490 e. The number of nitrogens with two attached hydrogens (primary N) is 1. The van der Waals surface area contributed by atoms with E-state index in [0.717, 1.165) is 34.6 Å². The Balaban J connectivity index is 2.11. The predicted molar refractivity (Wildman–Crippen MR) is 66.7 cm³/mol. The highest BCUT2D eigenvalue weighted by atomic mass is 16.5. The molecule has 0 atom stereocenters. The number of anilines is 1. The van der Waals surface area contributed by atoms with Crippen molar-refractivity contribution in [3.8, 4) is 22.6 Å². The lowest BCUT2D eigenvalue weighted by Crippen LogP contribution is -1.97. The summed E-state index contributed by atoms with van der Waals surface area (Å²) in [6.07, 6.45) is 2.50. The number of fused-ring (bicyclic) bond motifs is 1. The maximum atomic E-state index is 5.75. The lowest BCUT2D eigenvalue weighted by molar-refractivity contribution is 0.297. The molecule has 0 saturated carbocycles. The fourth-order valence-electron chi connectivity index (χ4n) is 2.05. The third-order valence-corrected chi connectivity index (χ3v) is 2.98. The van der Waals surface area contributed by atoms with E-state index in [1.54, 1.807) is 6.20 Å². The zero-order chi connectivity index (χ0) is 12.5. The molecule has 1 aliphatic rings. The Labute approximate surface area is 104 Å². The molecule has 0 radical (unpaired) electrons. The highest BCUT2D eigenvalue weighted by Crippen LogP contribution is 2.38. The molecule has 0 unspecified atom stereocenters. The van der Waals surface area contributed by atoms with Gasteiger partial charge in [0.2, 0.25) is 5.88 Å². The second-order valence-corrected chi connectivity index (χ2v) is 4.27. The molecule has 0 spiro atoms. The van der Waals surface area contributed by atoms with Crippen molar-refractivity contribution in [1.29, 1.82) is 0 Å². The van der Waals surface area contributed by atoms with Crippen LogP contribution in [-0.4, -0.2) is 18.4 Å². The summed E-state index contributed by atoms with van der Waals surface area (Å²) in [5.74, 6) is 1.84. The van der Waals surface area contributed by atoms with Crippen molar-refractivity contribution in [3.05, 3.63) is 23.9 Å². The predicted octanol–water partition coefficient (Wildman–Crippen LogP) is 2.39. The van der Waals surface area contributed by atoms with Crippen molar-refractivity contribution in [2.45, 2.75) is 13.3 Å². The number of hydrogen-bond acceptors (Lipinski definition) is 5. The Morgan fingerprint density at radius 1 is 1.11 bits per heavy atom. The summed E-state index contributed by atoms with van der Waals surface area (Å²) in [7, 11) is 0. The first-order valence-electron chi connectivity index (χ1n) is 5.86. The highest BCUT2D eigenvalue weighted by molar-refractivity contribution is 5.77. The minimum atomic E-state index is 0.313. The molecule has 0 saturated heterocycles. The molecule has 2 heterocycles. The Kier molecular flexibility index (Phi) is 2.59. The third-order valence-electron chi connectivity index (χ3n) is 2.98. The van der Waals surface area contributed by atoms with Gasteiger partial charge in [-0.05, 0) is 30.2 Å². The van der Waals surface area contributed by atoms with E-state index in [-0.39, 0.29) is 0 Å². The monoisotopic (exact) mass is 246 g/mol. The van der Waals surface area contributed by atoms with Gasteiger partial charge >= 0.3 is 0 Å². The minimum absolute atomic E-state index is 0.313. The molecule has 94 valence electrons. The van der Waals surface area contributed by atoms with Crippen molar-refractivity contribution < 1.29 is 14.0 Å². The lowest BCUT2D eigenvalue weighted by Gasteiger charge is -2.11. The molecule has 0 fully saturated rings. The van der Waals surface area contributed by atoms with Crippen LogP contribution in [0.25, 0.3) is 11.1 Å². The van der Waals surface area contributed by atoms with Crippen LogP contribution in [0.3, 0.4) is 0 Å². The Hall–Kier alpha value is -2.17. The van der Waals surface area contributed by atoms with Crippen LogP contribution in [0.1, 0.15) is 12.0 Å². The van der Waals surface area contributed by atoms with E-state index in [2.05, 4.69) is 5.16 Å². The molecule has 18 heavy (non-hydrogen) atoms. The van der Waals surface area contributed by atoms with Crippen LogP contribution in [0.4, 0.5) is 5.88 Å². The van der Waals surface area contributed by atoms with Crippen LogP contribution >= 0.6 is 0 Å². The summed E-state index contributed by atoms with van der Waals surface area (Å²) in [6.45, 7) is 3.34. The first-order valence-corrected chi connectivity index (χ1v) is 5.86. The Bertz CT molecular complexity index is 578.